The maximum absolute atomic E-state index is 7.48. The molecule has 1 nitrogen and oxygen atoms in total. The van der Waals surface area contributed by atoms with Gasteiger partial charge in [0.2, 0.25) is 0 Å². The van der Waals surface area contributed by atoms with E-state index in [1.165, 1.54) is 71.6 Å². The van der Waals surface area contributed by atoms with Crippen molar-refractivity contribution in [3.63, 3.8) is 0 Å². The van der Waals surface area contributed by atoms with E-state index >= 15 is 0 Å². The fourth-order valence-electron chi connectivity index (χ4n) is 4.40. The Hall–Kier alpha value is 1.85. The summed E-state index contributed by atoms with van der Waals surface area (Å²) in [5.74, 6) is 0. The zero-order chi connectivity index (χ0) is 19.3. The molecule has 0 aromatic rings. The molecule has 0 aromatic heterocycles. The summed E-state index contributed by atoms with van der Waals surface area (Å²) in [5, 5.41) is 0. The van der Waals surface area contributed by atoms with E-state index in [4.69, 9.17) is 4.12 Å². The molecule has 152 valence electrons. The van der Waals surface area contributed by atoms with Gasteiger partial charge in [-0.15, -0.1) is 0 Å². The molecule has 0 N–H and O–H groups in total. The molecular formula is C20H44I2OSi2. The van der Waals surface area contributed by atoms with Crippen molar-refractivity contribution in [1.82, 2.24) is 0 Å². The molecule has 0 amide bonds. The Labute approximate surface area is 188 Å². The van der Waals surface area contributed by atoms with Crippen molar-refractivity contribution in [2.24, 2.45) is 0 Å². The minimum Gasteiger partial charge on any atom is -0.454 e. The quantitative estimate of drug-likeness (QED) is 0.0734. The van der Waals surface area contributed by atoms with Crippen LogP contribution in [0, 0.1) is 0 Å². The molecular weight excluding hydrogens is 566 g/mol. The lowest BCUT2D eigenvalue weighted by molar-refractivity contribution is 0.455. The second-order valence-electron chi connectivity index (χ2n) is 7.82. The molecule has 5 heteroatoms. The predicted octanol–water partition coefficient (Wildman–Crippen LogP) is 8.96. The smallest absolute Gasteiger partial charge is 0.182 e. The van der Waals surface area contributed by atoms with Gasteiger partial charge in [-0.25, -0.2) is 0 Å². The summed E-state index contributed by atoms with van der Waals surface area (Å²) >= 11 is 5.04. The third-order valence-corrected chi connectivity index (χ3v) is 20.4. The van der Waals surface area contributed by atoms with Crippen molar-refractivity contribution in [2.45, 2.75) is 115 Å². The first kappa shape index (κ1) is 26.9. The third-order valence-electron chi connectivity index (χ3n) is 6.64. The highest BCUT2D eigenvalue weighted by atomic mass is 127. The van der Waals surface area contributed by atoms with Crippen LogP contribution in [0.15, 0.2) is 0 Å². The van der Waals surface area contributed by atoms with E-state index in [9.17, 15) is 0 Å². The van der Waals surface area contributed by atoms with Crippen LogP contribution in [0.4, 0.5) is 0 Å². The molecule has 0 bridgehead atoms. The summed E-state index contributed by atoms with van der Waals surface area (Å²) in [6.07, 6.45) is 8.30. The highest BCUT2D eigenvalue weighted by Gasteiger charge is 2.47. The molecule has 0 fully saturated rings. The van der Waals surface area contributed by atoms with Crippen molar-refractivity contribution in [2.75, 3.05) is 8.86 Å². The van der Waals surface area contributed by atoms with E-state index in [0.717, 1.165) is 11.1 Å². The van der Waals surface area contributed by atoms with Crippen LogP contribution in [0.1, 0.15) is 80.1 Å². The second kappa shape index (κ2) is 14.8. The van der Waals surface area contributed by atoms with Crippen molar-refractivity contribution in [3.05, 3.63) is 0 Å². The van der Waals surface area contributed by atoms with Crippen LogP contribution in [0.5, 0.6) is 0 Å². The zero-order valence-corrected chi connectivity index (χ0v) is 24.1. The largest absolute Gasteiger partial charge is 0.454 e. The number of halogens is 2. The molecule has 0 radical (unpaired) electrons. The van der Waals surface area contributed by atoms with Crippen LogP contribution < -0.4 is 0 Å². The lowest BCUT2D eigenvalue weighted by Gasteiger charge is -2.47. The molecule has 0 aromatic carbocycles. The minimum absolute atomic E-state index is 0.817. The van der Waals surface area contributed by atoms with E-state index in [1.54, 1.807) is 0 Å². The van der Waals surface area contributed by atoms with E-state index in [0.29, 0.717) is 0 Å². The molecule has 2 unspecified atom stereocenters. The number of unbranched alkanes of at least 4 members (excludes halogenated alkanes) is 2. The number of rotatable bonds is 16. The fraction of sp³-hybridized carbons (Fsp3) is 1.00. The zero-order valence-electron chi connectivity index (χ0n) is 17.8. The third kappa shape index (κ3) is 8.40. The SMILES string of the molecule is CC[Si](CC)(O[Si](CC)(CC)C(C)CCCCI)C(C)CCCCI. The van der Waals surface area contributed by atoms with Gasteiger partial charge in [-0.3, -0.25) is 0 Å². The Kier molecular flexibility index (Phi) is 15.9. The Morgan fingerprint density at radius 1 is 0.640 bits per heavy atom. The molecule has 25 heavy (non-hydrogen) atoms. The van der Waals surface area contributed by atoms with Crippen molar-refractivity contribution in [1.29, 1.82) is 0 Å². The van der Waals surface area contributed by atoms with Crippen LogP contribution in [0.2, 0.25) is 35.3 Å². The summed E-state index contributed by atoms with van der Waals surface area (Å²) in [5.41, 5.74) is 1.63. The van der Waals surface area contributed by atoms with Gasteiger partial charge in [0, 0.05) is 0 Å². The Balaban J connectivity index is 5.27. The second-order valence-corrected chi connectivity index (χ2v) is 19.9. The summed E-state index contributed by atoms with van der Waals surface area (Å²) in [7, 11) is -3.25. The van der Waals surface area contributed by atoms with Gasteiger partial charge in [0.15, 0.2) is 16.6 Å². The molecule has 2 atom stereocenters. The maximum Gasteiger partial charge on any atom is 0.182 e. The fourth-order valence-corrected chi connectivity index (χ4v) is 17.9. The van der Waals surface area contributed by atoms with Crippen LogP contribution in [0.3, 0.4) is 0 Å². The molecule has 0 rings (SSSR count). The predicted molar refractivity (Wildman–Crippen MR) is 139 cm³/mol. The van der Waals surface area contributed by atoms with Gasteiger partial charge in [-0.05, 0) is 57.0 Å². The van der Waals surface area contributed by atoms with Crippen molar-refractivity contribution in [3.8, 4) is 0 Å². The molecule has 0 aliphatic carbocycles. The highest BCUT2D eigenvalue weighted by Crippen LogP contribution is 2.43. The maximum atomic E-state index is 7.48. The van der Waals surface area contributed by atoms with Gasteiger partial charge < -0.3 is 4.12 Å². The molecule has 0 saturated heterocycles. The van der Waals surface area contributed by atoms with Crippen molar-refractivity contribution >= 4 is 61.8 Å². The monoisotopic (exact) mass is 610 g/mol. The molecule has 0 heterocycles. The first-order valence-corrected chi connectivity index (χ1v) is 18.6. The van der Waals surface area contributed by atoms with Gasteiger partial charge in [0.1, 0.15) is 0 Å². The first-order chi connectivity index (χ1) is 11.9. The van der Waals surface area contributed by atoms with Crippen LogP contribution in [-0.4, -0.2) is 25.5 Å². The van der Waals surface area contributed by atoms with E-state index < -0.39 is 16.6 Å². The molecule has 0 aliphatic rings. The summed E-state index contributed by atoms with van der Waals surface area (Å²) in [6.45, 7) is 14.8. The van der Waals surface area contributed by atoms with Gasteiger partial charge in [0.25, 0.3) is 0 Å². The standard InChI is InChI=1S/C20H44I2OSi2/c1-7-24(8-2,19(5)15-11-13-17-21)23-25(9-3,10-4)20(6)16-12-14-18-22/h19-20H,7-18H2,1-6H3. The molecule has 0 saturated carbocycles. The van der Waals surface area contributed by atoms with Crippen LogP contribution in [-0.2, 0) is 4.12 Å². The average Bonchev–Trinajstić information content (AvgIpc) is 2.64. The number of alkyl halides is 2. The van der Waals surface area contributed by atoms with Crippen LogP contribution >= 0.6 is 45.2 Å². The lowest BCUT2D eigenvalue weighted by Crippen LogP contribution is -2.54. The van der Waals surface area contributed by atoms with E-state index in [2.05, 4.69) is 86.7 Å². The minimum atomic E-state index is -1.63. The van der Waals surface area contributed by atoms with Gasteiger partial charge in [0.05, 0.1) is 0 Å². The van der Waals surface area contributed by atoms with Gasteiger partial charge in [-0.1, -0.05) is 112 Å². The Morgan fingerprint density at radius 3 is 1.20 bits per heavy atom. The first-order valence-electron chi connectivity index (χ1n) is 10.7. The topological polar surface area (TPSA) is 9.23 Å². The van der Waals surface area contributed by atoms with Crippen LogP contribution in [0.25, 0.3) is 0 Å². The molecule has 0 spiro atoms. The van der Waals surface area contributed by atoms with E-state index in [1.807, 2.05) is 0 Å². The normalized spacial score (nSPS) is 15.4. The van der Waals surface area contributed by atoms with Crippen molar-refractivity contribution < 1.29 is 4.12 Å². The summed E-state index contributed by atoms with van der Waals surface area (Å²) in [4.78, 5) is 0. The average molecular weight is 611 g/mol. The van der Waals surface area contributed by atoms with Gasteiger partial charge in [-0.2, -0.15) is 0 Å². The van der Waals surface area contributed by atoms with Gasteiger partial charge >= 0.3 is 0 Å². The Morgan fingerprint density at radius 2 is 0.960 bits per heavy atom. The summed E-state index contributed by atoms with van der Waals surface area (Å²) in [6, 6.07) is 5.24. The number of hydrogen-bond acceptors (Lipinski definition) is 1. The highest BCUT2D eigenvalue weighted by molar-refractivity contribution is 14.1. The Bertz CT molecular complexity index is 291. The number of hydrogen-bond donors (Lipinski definition) is 0. The summed E-state index contributed by atoms with van der Waals surface area (Å²) < 4.78 is 10.1. The van der Waals surface area contributed by atoms with E-state index in [-0.39, 0.29) is 0 Å². The molecule has 0 aliphatic heterocycles. The lowest BCUT2D eigenvalue weighted by atomic mass is 10.2.